The van der Waals surface area contributed by atoms with Gasteiger partial charge in [-0.3, -0.25) is 4.79 Å². The topological polar surface area (TPSA) is 46.5 Å². The first-order valence-corrected chi connectivity index (χ1v) is 5.52. The van der Waals surface area contributed by atoms with E-state index in [9.17, 15) is 9.90 Å². The molecule has 0 bridgehead atoms. The number of aliphatic hydroxyl groups is 1. The van der Waals surface area contributed by atoms with E-state index < -0.39 is 6.10 Å². The van der Waals surface area contributed by atoms with Crippen molar-refractivity contribution in [1.29, 1.82) is 0 Å². The second kappa shape index (κ2) is 5.88. The van der Waals surface area contributed by atoms with E-state index in [0.29, 0.717) is 22.2 Å². The van der Waals surface area contributed by atoms with Crippen LogP contribution in [0, 0.1) is 0 Å². The minimum atomic E-state index is -0.475. The van der Waals surface area contributed by atoms with E-state index >= 15 is 0 Å². The third-order valence-corrected chi connectivity index (χ3v) is 2.87. The Bertz CT molecular complexity index is 339. The van der Waals surface area contributed by atoms with E-state index in [4.69, 9.17) is 4.74 Å². The molecule has 0 saturated carbocycles. The predicted molar refractivity (Wildman–Crippen MR) is 61.3 cm³/mol. The Morgan fingerprint density at radius 1 is 1.60 bits per heavy atom. The van der Waals surface area contributed by atoms with Gasteiger partial charge in [-0.25, -0.2) is 0 Å². The molecule has 82 valence electrons. The van der Waals surface area contributed by atoms with E-state index in [1.165, 1.54) is 0 Å². The van der Waals surface area contributed by atoms with E-state index in [1.54, 1.807) is 18.2 Å². The van der Waals surface area contributed by atoms with Gasteiger partial charge >= 0.3 is 0 Å². The van der Waals surface area contributed by atoms with Crippen molar-refractivity contribution in [3.8, 4) is 5.75 Å². The summed E-state index contributed by atoms with van der Waals surface area (Å²) in [6.45, 7) is 2.11. The monoisotopic (exact) mass is 272 g/mol. The summed E-state index contributed by atoms with van der Waals surface area (Å²) in [6, 6.07) is 5.18. The van der Waals surface area contributed by atoms with Crippen molar-refractivity contribution in [3.63, 3.8) is 0 Å². The van der Waals surface area contributed by atoms with Crippen LogP contribution >= 0.6 is 15.9 Å². The minimum Gasteiger partial charge on any atom is -0.490 e. The van der Waals surface area contributed by atoms with Crippen LogP contribution in [0.15, 0.2) is 22.7 Å². The highest BCUT2D eigenvalue weighted by atomic mass is 79.9. The number of halogens is 1. The Morgan fingerprint density at radius 2 is 2.33 bits per heavy atom. The third kappa shape index (κ3) is 3.32. The molecule has 0 aliphatic heterocycles. The van der Waals surface area contributed by atoms with Gasteiger partial charge in [0, 0.05) is 5.56 Å². The SMILES string of the molecule is CC[C@H](O)COc1cccc(C=O)c1Br. The fourth-order valence-corrected chi connectivity index (χ4v) is 1.51. The van der Waals surface area contributed by atoms with E-state index in [0.717, 1.165) is 6.29 Å². The van der Waals surface area contributed by atoms with Crippen LogP contribution in [-0.2, 0) is 0 Å². The number of carbonyl (C=O) groups excluding carboxylic acids is 1. The van der Waals surface area contributed by atoms with Crippen molar-refractivity contribution in [1.82, 2.24) is 0 Å². The van der Waals surface area contributed by atoms with Crippen LogP contribution in [0.2, 0.25) is 0 Å². The van der Waals surface area contributed by atoms with Crippen LogP contribution in [-0.4, -0.2) is 24.1 Å². The highest BCUT2D eigenvalue weighted by Gasteiger charge is 2.07. The zero-order valence-corrected chi connectivity index (χ0v) is 10.0. The maximum Gasteiger partial charge on any atom is 0.151 e. The number of benzene rings is 1. The normalized spacial score (nSPS) is 12.2. The number of aliphatic hydroxyl groups excluding tert-OH is 1. The molecule has 0 saturated heterocycles. The zero-order valence-electron chi connectivity index (χ0n) is 8.44. The summed E-state index contributed by atoms with van der Waals surface area (Å²) in [5.41, 5.74) is 0.540. The highest BCUT2D eigenvalue weighted by molar-refractivity contribution is 9.10. The van der Waals surface area contributed by atoms with Gasteiger partial charge in [-0.15, -0.1) is 0 Å². The summed E-state index contributed by atoms with van der Waals surface area (Å²) in [6.07, 6.45) is 0.926. The number of aldehydes is 1. The molecular weight excluding hydrogens is 260 g/mol. The van der Waals surface area contributed by atoms with Crippen molar-refractivity contribution in [2.24, 2.45) is 0 Å². The standard InChI is InChI=1S/C11H13BrO3/c1-2-9(14)7-15-10-5-3-4-8(6-13)11(10)12/h3-6,9,14H,2,7H2,1H3/t9-/m0/s1. The maximum absolute atomic E-state index is 10.6. The van der Waals surface area contributed by atoms with Crippen molar-refractivity contribution < 1.29 is 14.6 Å². The van der Waals surface area contributed by atoms with E-state index in [2.05, 4.69) is 15.9 Å². The Morgan fingerprint density at radius 3 is 2.93 bits per heavy atom. The number of hydrogen-bond donors (Lipinski definition) is 1. The maximum atomic E-state index is 10.6. The van der Waals surface area contributed by atoms with Crippen LogP contribution in [0.1, 0.15) is 23.7 Å². The molecule has 0 unspecified atom stereocenters. The quantitative estimate of drug-likeness (QED) is 0.838. The molecular formula is C11H13BrO3. The molecule has 0 aliphatic rings. The van der Waals surface area contributed by atoms with Gasteiger partial charge in [-0.1, -0.05) is 19.1 Å². The minimum absolute atomic E-state index is 0.234. The predicted octanol–water partition coefficient (Wildman–Crippen LogP) is 2.41. The Labute approximate surface area is 97.2 Å². The summed E-state index contributed by atoms with van der Waals surface area (Å²) in [5, 5.41) is 9.33. The number of carbonyl (C=O) groups is 1. The smallest absolute Gasteiger partial charge is 0.151 e. The van der Waals surface area contributed by atoms with Gasteiger partial charge in [-0.2, -0.15) is 0 Å². The van der Waals surface area contributed by atoms with Crippen molar-refractivity contribution in [3.05, 3.63) is 28.2 Å². The molecule has 0 aromatic heterocycles. The summed E-state index contributed by atoms with van der Waals surface area (Å²) in [4.78, 5) is 10.6. The summed E-state index contributed by atoms with van der Waals surface area (Å²) in [5.74, 6) is 0.576. The number of ether oxygens (including phenoxy) is 1. The Kier molecular flexibility index (Phi) is 4.78. The molecule has 0 amide bonds. The van der Waals surface area contributed by atoms with Crippen LogP contribution in [0.3, 0.4) is 0 Å². The molecule has 15 heavy (non-hydrogen) atoms. The van der Waals surface area contributed by atoms with Gasteiger partial charge in [0.1, 0.15) is 12.4 Å². The highest BCUT2D eigenvalue weighted by Crippen LogP contribution is 2.27. The van der Waals surface area contributed by atoms with Crippen LogP contribution in [0.4, 0.5) is 0 Å². The first-order chi connectivity index (χ1) is 7.19. The van der Waals surface area contributed by atoms with Gasteiger partial charge in [0.2, 0.25) is 0 Å². The van der Waals surface area contributed by atoms with Crippen LogP contribution < -0.4 is 4.74 Å². The van der Waals surface area contributed by atoms with Crippen molar-refractivity contribution in [2.75, 3.05) is 6.61 Å². The third-order valence-electron chi connectivity index (χ3n) is 2.02. The molecule has 1 aromatic carbocycles. The summed E-state index contributed by atoms with van der Waals surface area (Å²) in [7, 11) is 0. The molecule has 0 heterocycles. The lowest BCUT2D eigenvalue weighted by Gasteiger charge is -2.12. The molecule has 0 fully saturated rings. The summed E-state index contributed by atoms with van der Waals surface area (Å²) >= 11 is 3.28. The van der Waals surface area contributed by atoms with Crippen molar-refractivity contribution >= 4 is 22.2 Å². The number of rotatable bonds is 5. The second-order valence-corrected chi connectivity index (χ2v) is 3.94. The first-order valence-electron chi connectivity index (χ1n) is 4.73. The second-order valence-electron chi connectivity index (χ2n) is 3.15. The molecule has 1 rings (SSSR count). The van der Waals surface area contributed by atoms with E-state index in [1.807, 2.05) is 6.92 Å². The fraction of sp³-hybridized carbons (Fsp3) is 0.364. The van der Waals surface area contributed by atoms with Gasteiger partial charge in [-0.05, 0) is 28.4 Å². The molecule has 1 N–H and O–H groups in total. The van der Waals surface area contributed by atoms with Crippen molar-refractivity contribution in [2.45, 2.75) is 19.4 Å². The first kappa shape index (κ1) is 12.2. The average molecular weight is 273 g/mol. The molecule has 4 heteroatoms. The van der Waals surface area contributed by atoms with Gasteiger partial charge in [0.15, 0.2) is 6.29 Å². The molecule has 0 radical (unpaired) electrons. The van der Waals surface area contributed by atoms with Crippen LogP contribution in [0.5, 0.6) is 5.75 Å². The number of hydrogen-bond acceptors (Lipinski definition) is 3. The molecule has 1 atom stereocenters. The molecule has 0 aliphatic carbocycles. The molecule has 3 nitrogen and oxygen atoms in total. The average Bonchev–Trinajstić information content (AvgIpc) is 2.27. The zero-order chi connectivity index (χ0) is 11.3. The van der Waals surface area contributed by atoms with Gasteiger partial charge in [0.05, 0.1) is 10.6 Å². The fourth-order valence-electron chi connectivity index (χ4n) is 1.03. The van der Waals surface area contributed by atoms with E-state index in [-0.39, 0.29) is 6.61 Å². The Balaban J connectivity index is 2.73. The van der Waals surface area contributed by atoms with Crippen LogP contribution in [0.25, 0.3) is 0 Å². The molecule has 1 aromatic rings. The Hall–Kier alpha value is -0.870. The largest absolute Gasteiger partial charge is 0.490 e. The van der Waals surface area contributed by atoms with Gasteiger partial charge < -0.3 is 9.84 Å². The molecule has 0 spiro atoms. The van der Waals surface area contributed by atoms with Gasteiger partial charge in [0.25, 0.3) is 0 Å². The lowest BCUT2D eigenvalue weighted by Crippen LogP contribution is -2.16. The summed E-state index contributed by atoms with van der Waals surface area (Å²) < 4.78 is 6.00. The lowest BCUT2D eigenvalue weighted by atomic mass is 10.2. The lowest BCUT2D eigenvalue weighted by molar-refractivity contribution is 0.104.